The van der Waals surface area contributed by atoms with E-state index in [-0.39, 0.29) is 31.1 Å². The number of carbonyl (C=O) groups is 4. The van der Waals surface area contributed by atoms with Crippen molar-refractivity contribution in [1.82, 2.24) is 10.4 Å². The summed E-state index contributed by atoms with van der Waals surface area (Å²) >= 11 is 0. The van der Waals surface area contributed by atoms with Gasteiger partial charge in [0, 0.05) is 18.8 Å². The fourth-order valence-corrected chi connectivity index (χ4v) is 4.10. The number of nitrogens with zero attached hydrogens (tertiary/aromatic N) is 1. The van der Waals surface area contributed by atoms with Crippen LogP contribution in [0.2, 0.25) is 0 Å². The standard InChI is InChI=1S/C17H27N3O6/c1-3-12(22)20(19-11(21)5-4-9(2)8-18)17(16(25)26)7-6-10-13(14(10)17)15(23)24/h9-10,13-14H,3-8,18H2,1-2H3,(H,19,21)(H,23,24)(H,25,26)/t9?,10?,13-,14-,17-/m0/s1. The summed E-state index contributed by atoms with van der Waals surface area (Å²) in [6.07, 6.45) is 1.16. The summed E-state index contributed by atoms with van der Waals surface area (Å²) in [6, 6.07) is 0. The molecule has 0 aromatic carbocycles. The lowest BCUT2D eigenvalue weighted by Crippen LogP contribution is -2.64. The van der Waals surface area contributed by atoms with Crippen molar-refractivity contribution in [3.8, 4) is 0 Å². The van der Waals surface area contributed by atoms with Crippen LogP contribution in [0, 0.1) is 23.7 Å². The summed E-state index contributed by atoms with van der Waals surface area (Å²) in [7, 11) is 0. The maximum absolute atomic E-state index is 12.5. The van der Waals surface area contributed by atoms with Crippen molar-refractivity contribution in [3.63, 3.8) is 0 Å². The van der Waals surface area contributed by atoms with Crippen molar-refractivity contribution in [2.75, 3.05) is 6.54 Å². The van der Waals surface area contributed by atoms with Gasteiger partial charge in [-0.1, -0.05) is 13.8 Å². The molecule has 0 spiro atoms. The summed E-state index contributed by atoms with van der Waals surface area (Å²) < 4.78 is 0. The van der Waals surface area contributed by atoms with E-state index < -0.39 is 41.1 Å². The number of rotatable bonds is 8. The second-order valence-corrected chi connectivity index (χ2v) is 7.32. The van der Waals surface area contributed by atoms with Gasteiger partial charge in [-0.3, -0.25) is 19.8 Å². The van der Waals surface area contributed by atoms with Crippen LogP contribution >= 0.6 is 0 Å². The molecule has 0 aromatic heterocycles. The molecule has 2 saturated carbocycles. The molecule has 0 aromatic rings. The highest BCUT2D eigenvalue weighted by Crippen LogP contribution is 2.64. The third-order valence-electron chi connectivity index (χ3n) is 5.69. The van der Waals surface area contributed by atoms with E-state index >= 15 is 0 Å². The number of aliphatic carboxylic acids is 2. The Kier molecular flexibility index (Phi) is 5.90. The first kappa shape index (κ1) is 20.2. The van der Waals surface area contributed by atoms with Gasteiger partial charge in [-0.25, -0.2) is 9.80 Å². The molecule has 26 heavy (non-hydrogen) atoms. The Morgan fingerprint density at radius 2 is 1.96 bits per heavy atom. The molecule has 146 valence electrons. The maximum atomic E-state index is 12.5. The molecule has 2 rings (SSSR count). The van der Waals surface area contributed by atoms with Gasteiger partial charge in [0.15, 0.2) is 5.54 Å². The van der Waals surface area contributed by atoms with Gasteiger partial charge in [0.25, 0.3) is 0 Å². The van der Waals surface area contributed by atoms with E-state index in [1.54, 1.807) is 6.92 Å². The summed E-state index contributed by atoms with van der Waals surface area (Å²) in [5, 5.41) is 20.1. The predicted octanol–water partition coefficient (Wildman–Crippen LogP) is 0.195. The van der Waals surface area contributed by atoms with Crippen molar-refractivity contribution in [1.29, 1.82) is 0 Å². The van der Waals surface area contributed by atoms with E-state index in [2.05, 4.69) is 5.43 Å². The molecular formula is C17H27N3O6. The second kappa shape index (κ2) is 7.61. The van der Waals surface area contributed by atoms with E-state index in [0.717, 1.165) is 5.01 Å². The highest BCUT2D eigenvalue weighted by molar-refractivity contribution is 5.92. The van der Waals surface area contributed by atoms with Gasteiger partial charge in [-0.2, -0.15) is 0 Å². The third kappa shape index (κ3) is 3.40. The number of amides is 2. The molecule has 9 heteroatoms. The lowest BCUT2D eigenvalue weighted by Gasteiger charge is -2.39. The predicted molar refractivity (Wildman–Crippen MR) is 90.4 cm³/mol. The first-order chi connectivity index (χ1) is 12.2. The van der Waals surface area contributed by atoms with Gasteiger partial charge >= 0.3 is 11.9 Å². The molecule has 0 radical (unpaired) electrons. The minimum Gasteiger partial charge on any atom is -0.481 e. The first-order valence-electron chi connectivity index (χ1n) is 8.99. The van der Waals surface area contributed by atoms with Crippen LogP contribution in [0.5, 0.6) is 0 Å². The number of fused-ring (bicyclic) bond motifs is 1. The van der Waals surface area contributed by atoms with Crippen molar-refractivity contribution >= 4 is 23.8 Å². The van der Waals surface area contributed by atoms with Gasteiger partial charge < -0.3 is 15.9 Å². The lowest BCUT2D eigenvalue weighted by molar-refractivity contribution is -0.168. The molecule has 2 amide bonds. The van der Waals surface area contributed by atoms with Crippen molar-refractivity contribution in [3.05, 3.63) is 0 Å². The zero-order valence-corrected chi connectivity index (χ0v) is 15.1. The molecule has 2 aliphatic rings. The lowest BCUT2D eigenvalue weighted by atomic mass is 9.89. The third-order valence-corrected chi connectivity index (χ3v) is 5.69. The SMILES string of the molecule is CCC(=O)N(NC(=O)CCC(C)CN)[C@@]1(C(=O)O)CCC2[C@H](C(=O)O)[C@H]21. The molecule has 5 N–H and O–H groups in total. The van der Waals surface area contributed by atoms with Gasteiger partial charge in [-0.15, -0.1) is 0 Å². The molecule has 0 saturated heterocycles. The van der Waals surface area contributed by atoms with Gasteiger partial charge in [-0.05, 0) is 37.6 Å². The summed E-state index contributed by atoms with van der Waals surface area (Å²) in [5.41, 5.74) is 6.29. The van der Waals surface area contributed by atoms with Crippen LogP contribution in [0.4, 0.5) is 0 Å². The smallest absolute Gasteiger partial charge is 0.332 e. The zero-order valence-electron chi connectivity index (χ0n) is 15.1. The van der Waals surface area contributed by atoms with Crippen LogP contribution < -0.4 is 11.2 Å². The average Bonchev–Trinajstić information content (AvgIpc) is 3.21. The molecule has 0 aliphatic heterocycles. The number of nitrogens with one attached hydrogen (secondary N) is 1. The van der Waals surface area contributed by atoms with Crippen molar-refractivity contribution in [2.24, 2.45) is 29.4 Å². The number of carboxylic acids is 2. The van der Waals surface area contributed by atoms with Crippen LogP contribution in [-0.2, 0) is 19.2 Å². The Morgan fingerprint density at radius 3 is 2.42 bits per heavy atom. The summed E-state index contributed by atoms with van der Waals surface area (Å²) in [6.45, 7) is 3.89. The number of hydrazine groups is 1. The highest BCUT2D eigenvalue weighted by Gasteiger charge is 2.74. The Hall–Kier alpha value is -2.16. The summed E-state index contributed by atoms with van der Waals surface area (Å²) in [5.74, 6) is -4.96. The van der Waals surface area contributed by atoms with Gasteiger partial charge in [0.1, 0.15) is 0 Å². The molecule has 2 unspecified atom stereocenters. The maximum Gasteiger partial charge on any atom is 0.332 e. The highest BCUT2D eigenvalue weighted by atomic mass is 16.4. The van der Waals surface area contributed by atoms with Crippen LogP contribution in [0.1, 0.15) is 46.0 Å². The monoisotopic (exact) mass is 369 g/mol. The fraction of sp³-hybridized carbons (Fsp3) is 0.765. The molecular weight excluding hydrogens is 342 g/mol. The Labute approximate surface area is 151 Å². The van der Waals surface area contributed by atoms with Gasteiger partial charge in [0.2, 0.25) is 11.8 Å². The minimum absolute atomic E-state index is 0.00361. The Balaban J connectivity index is 2.24. The molecule has 0 bridgehead atoms. The van der Waals surface area contributed by atoms with Crippen LogP contribution in [0.15, 0.2) is 0 Å². The Bertz CT molecular complexity index is 609. The fourth-order valence-electron chi connectivity index (χ4n) is 4.10. The summed E-state index contributed by atoms with van der Waals surface area (Å²) in [4.78, 5) is 48.3. The van der Waals surface area contributed by atoms with Crippen molar-refractivity contribution < 1.29 is 29.4 Å². The van der Waals surface area contributed by atoms with E-state index in [4.69, 9.17) is 5.73 Å². The second-order valence-electron chi connectivity index (χ2n) is 7.32. The first-order valence-corrected chi connectivity index (χ1v) is 8.99. The van der Waals surface area contributed by atoms with E-state index in [9.17, 15) is 29.4 Å². The molecule has 0 heterocycles. The normalized spacial score (nSPS) is 30.2. The van der Waals surface area contributed by atoms with E-state index in [0.29, 0.717) is 19.4 Å². The number of hydrogen-bond acceptors (Lipinski definition) is 5. The number of carbonyl (C=O) groups excluding carboxylic acids is 2. The molecule has 2 fully saturated rings. The van der Waals surface area contributed by atoms with E-state index in [1.807, 2.05) is 6.92 Å². The molecule has 5 atom stereocenters. The number of nitrogens with two attached hydrogens (primary N) is 1. The zero-order chi connectivity index (χ0) is 19.6. The molecule has 9 nitrogen and oxygen atoms in total. The van der Waals surface area contributed by atoms with Gasteiger partial charge in [0.05, 0.1) is 5.92 Å². The van der Waals surface area contributed by atoms with Crippen LogP contribution in [0.3, 0.4) is 0 Å². The Morgan fingerprint density at radius 1 is 1.31 bits per heavy atom. The van der Waals surface area contributed by atoms with Crippen molar-refractivity contribution in [2.45, 2.75) is 51.5 Å². The number of hydrogen-bond donors (Lipinski definition) is 4. The van der Waals surface area contributed by atoms with Crippen LogP contribution in [0.25, 0.3) is 0 Å². The van der Waals surface area contributed by atoms with Crippen LogP contribution in [-0.4, -0.2) is 51.1 Å². The number of carboxylic acid groups (broad SMARTS) is 2. The topological polar surface area (TPSA) is 150 Å². The largest absolute Gasteiger partial charge is 0.481 e. The molecule has 2 aliphatic carbocycles. The average molecular weight is 369 g/mol. The van der Waals surface area contributed by atoms with E-state index in [1.165, 1.54) is 0 Å². The minimum atomic E-state index is -1.70. The quantitative estimate of drug-likeness (QED) is 0.446.